The summed E-state index contributed by atoms with van der Waals surface area (Å²) in [6.07, 6.45) is 0. The molecular weight excluding hydrogens is 438 g/mol. The van der Waals surface area contributed by atoms with Crippen molar-refractivity contribution in [2.75, 3.05) is 11.1 Å². The van der Waals surface area contributed by atoms with Crippen LogP contribution in [0.5, 0.6) is 0 Å². The fraction of sp³-hybridized carbons (Fsp3) is 0.136. The van der Waals surface area contributed by atoms with Crippen LogP contribution in [0.4, 0.5) is 5.69 Å². The van der Waals surface area contributed by atoms with Crippen LogP contribution in [0.25, 0.3) is 15.9 Å². The average molecular weight is 456 g/mol. The van der Waals surface area contributed by atoms with Crippen LogP contribution >= 0.6 is 34.7 Å². The zero-order valence-corrected chi connectivity index (χ0v) is 18.7. The molecule has 0 aliphatic heterocycles. The van der Waals surface area contributed by atoms with Crippen molar-refractivity contribution in [1.29, 1.82) is 0 Å². The van der Waals surface area contributed by atoms with Crippen LogP contribution in [-0.2, 0) is 4.79 Å². The Morgan fingerprint density at radius 2 is 1.93 bits per heavy atom. The van der Waals surface area contributed by atoms with Crippen LogP contribution in [0, 0.1) is 13.8 Å². The Labute approximate surface area is 186 Å². The van der Waals surface area contributed by atoms with E-state index in [1.54, 1.807) is 28.8 Å². The lowest BCUT2D eigenvalue weighted by atomic mass is 10.1. The van der Waals surface area contributed by atoms with Crippen LogP contribution in [0.3, 0.4) is 0 Å². The predicted octanol–water partition coefficient (Wildman–Crippen LogP) is 5.45. The highest BCUT2D eigenvalue weighted by Gasteiger charge is 2.17. The molecule has 0 radical (unpaired) electrons. The van der Waals surface area contributed by atoms with Crippen molar-refractivity contribution < 1.29 is 4.79 Å². The first kappa shape index (κ1) is 20.7. The number of amides is 1. The number of thiophene rings is 1. The molecule has 0 fully saturated rings. The maximum atomic E-state index is 13.2. The Balaban J connectivity index is 1.67. The Hall–Kier alpha value is -2.61. The highest BCUT2D eigenvalue weighted by atomic mass is 35.5. The van der Waals surface area contributed by atoms with Crippen LogP contribution in [-0.4, -0.2) is 21.2 Å². The standard InChI is InChI=1S/C22H18ClN3O2S2/c1-13-3-4-14(2)18(11-13)26-21(28)20-17(9-10-29-20)25-22(26)30-12-19(27)24-16-7-5-15(23)6-8-16/h3-11H,12H2,1-2H3,(H,24,27). The summed E-state index contributed by atoms with van der Waals surface area (Å²) in [7, 11) is 0. The third-order valence-electron chi connectivity index (χ3n) is 4.52. The van der Waals surface area contributed by atoms with Crippen LogP contribution in [0.2, 0.25) is 5.02 Å². The molecule has 0 spiro atoms. The van der Waals surface area contributed by atoms with Crippen molar-refractivity contribution in [3.8, 4) is 5.69 Å². The lowest BCUT2D eigenvalue weighted by Crippen LogP contribution is -2.23. The minimum absolute atomic E-state index is 0.121. The number of nitrogens with one attached hydrogen (secondary N) is 1. The van der Waals surface area contributed by atoms with Crippen LogP contribution in [0.1, 0.15) is 11.1 Å². The summed E-state index contributed by atoms with van der Waals surface area (Å²) in [5.74, 6) is -0.0650. The minimum atomic E-state index is -0.186. The SMILES string of the molecule is Cc1ccc(C)c(-n2c(SCC(=O)Nc3ccc(Cl)cc3)nc3ccsc3c2=O)c1. The van der Waals surface area contributed by atoms with Crippen molar-refractivity contribution in [3.63, 3.8) is 0 Å². The van der Waals surface area contributed by atoms with E-state index in [4.69, 9.17) is 11.6 Å². The van der Waals surface area contributed by atoms with Gasteiger partial charge < -0.3 is 5.32 Å². The number of hydrogen-bond acceptors (Lipinski definition) is 5. The van der Waals surface area contributed by atoms with E-state index >= 15 is 0 Å². The van der Waals surface area contributed by atoms with Gasteiger partial charge >= 0.3 is 0 Å². The number of nitrogens with zero attached hydrogens (tertiary/aromatic N) is 2. The van der Waals surface area contributed by atoms with E-state index in [-0.39, 0.29) is 17.2 Å². The molecule has 152 valence electrons. The summed E-state index contributed by atoms with van der Waals surface area (Å²) in [6.45, 7) is 3.94. The highest BCUT2D eigenvalue weighted by Crippen LogP contribution is 2.26. The van der Waals surface area contributed by atoms with Gasteiger partial charge in [0.2, 0.25) is 5.91 Å². The molecular formula is C22H18ClN3O2S2. The number of benzene rings is 2. The van der Waals surface area contributed by atoms with Crippen molar-refractivity contribution in [2.45, 2.75) is 19.0 Å². The number of aryl methyl sites for hydroxylation is 2. The summed E-state index contributed by atoms with van der Waals surface area (Å²) in [4.78, 5) is 30.4. The number of rotatable bonds is 5. The van der Waals surface area contributed by atoms with Crippen LogP contribution < -0.4 is 10.9 Å². The Kier molecular flexibility index (Phi) is 5.94. The van der Waals surface area contributed by atoms with Gasteiger partial charge in [-0.25, -0.2) is 4.98 Å². The molecule has 1 N–H and O–H groups in total. The molecule has 2 aromatic carbocycles. The van der Waals surface area contributed by atoms with Gasteiger partial charge in [-0.15, -0.1) is 11.3 Å². The molecule has 5 nitrogen and oxygen atoms in total. The van der Waals surface area contributed by atoms with Crippen molar-refractivity contribution in [2.24, 2.45) is 0 Å². The van der Waals surface area contributed by atoms with Gasteiger partial charge in [0.1, 0.15) is 4.70 Å². The monoisotopic (exact) mass is 455 g/mol. The van der Waals surface area contributed by atoms with E-state index < -0.39 is 0 Å². The Bertz CT molecular complexity index is 1300. The largest absolute Gasteiger partial charge is 0.325 e. The minimum Gasteiger partial charge on any atom is -0.325 e. The van der Waals surface area contributed by atoms with E-state index in [1.165, 1.54) is 23.1 Å². The summed E-state index contributed by atoms with van der Waals surface area (Å²) in [5.41, 5.74) is 3.98. The van der Waals surface area contributed by atoms with Crippen LogP contribution in [0.15, 0.2) is 63.9 Å². The average Bonchev–Trinajstić information content (AvgIpc) is 3.19. The normalized spacial score (nSPS) is 11.0. The predicted molar refractivity (Wildman–Crippen MR) is 125 cm³/mol. The van der Waals surface area contributed by atoms with Gasteiger partial charge in [0, 0.05) is 10.7 Å². The molecule has 0 saturated carbocycles. The number of halogens is 1. The topological polar surface area (TPSA) is 64.0 Å². The fourth-order valence-electron chi connectivity index (χ4n) is 3.02. The molecule has 0 aliphatic carbocycles. The zero-order chi connectivity index (χ0) is 21.3. The molecule has 2 aromatic heterocycles. The second kappa shape index (κ2) is 8.63. The summed E-state index contributed by atoms with van der Waals surface area (Å²) >= 11 is 8.50. The van der Waals surface area contributed by atoms with Gasteiger partial charge in [-0.05, 0) is 66.8 Å². The number of anilines is 1. The maximum Gasteiger partial charge on any atom is 0.276 e. The number of carbonyl (C=O) groups excluding carboxylic acids is 1. The third-order valence-corrected chi connectivity index (χ3v) is 6.60. The third kappa shape index (κ3) is 4.28. The van der Waals surface area contributed by atoms with Gasteiger partial charge in [-0.1, -0.05) is 35.5 Å². The summed E-state index contributed by atoms with van der Waals surface area (Å²) < 4.78 is 2.22. The van der Waals surface area contributed by atoms with E-state index in [0.29, 0.717) is 26.1 Å². The van der Waals surface area contributed by atoms with Gasteiger partial charge in [-0.3, -0.25) is 14.2 Å². The van der Waals surface area contributed by atoms with Crippen molar-refractivity contribution >= 4 is 56.5 Å². The van der Waals surface area contributed by atoms with E-state index in [1.807, 2.05) is 43.5 Å². The molecule has 0 aliphatic rings. The lowest BCUT2D eigenvalue weighted by molar-refractivity contribution is -0.113. The van der Waals surface area contributed by atoms with Gasteiger partial charge in [0.25, 0.3) is 5.56 Å². The van der Waals surface area contributed by atoms with Gasteiger partial charge in [-0.2, -0.15) is 0 Å². The zero-order valence-electron chi connectivity index (χ0n) is 16.3. The van der Waals surface area contributed by atoms with E-state index in [2.05, 4.69) is 10.3 Å². The second-order valence-electron chi connectivity index (χ2n) is 6.80. The smallest absolute Gasteiger partial charge is 0.276 e. The molecule has 0 atom stereocenters. The number of aromatic nitrogens is 2. The molecule has 2 heterocycles. The quantitative estimate of drug-likeness (QED) is 0.321. The Morgan fingerprint density at radius 1 is 1.17 bits per heavy atom. The maximum absolute atomic E-state index is 13.2. The van der Waals surface area contributed by atoms with Crippen molar-refractivity contribution in [1.82, 2.24) is 9.55 Å². The summed E-state index contributed by atoms with van der Waals surface area (Å²) in [5, 5.41) is 5.79. The molecule has 4 rings (SSSR count). The van der Waals surface area contributed by atoms with E-state index in [0.717, 1.165) is 16.8 Å². The first-order valence-electron chi connectivity index (χ1n) is 9.18. The number of hydrogen-bond donors (Lipinski definition) is 1. The number of thioether (sulfide) groups is 1. The number of carbonyl (C=O) groups is 1. The van der Waals surface area contributed by atoms with Gasteiger partial charge in [0.15, 0.2) is 5.16 Å². The molecule has 0 bridgehead atoms. The Morgan fingerprint density at radius 3 is 2.70 bits per heavy atom. The molecule has 0 unspecified atom stereocenters. The molecule has 8 heteroatoms. The first-order valence-corrected chi connectivity index (χ1v) is 11.4. The molecule has 0 saturated heterocycles. The fourth-order valence-corrected chi connectivity index (χ4v) is 4.71. The first-order chi connectivity index (χ1) is 14.4. The molecule has 1 amide bonds. The lowest BCUT2D eigenvalue weighted by Gasteiger charge is -2.15. The summed E-state index contributed by atoms with van der Waals surface area (Å²) in [6, 6.07) is 14.7. The highest BCUT2D eigenvalue weighted by molar-refractivity contribution is 7.99. The van der Waals surface area contributed by atoms with E-state index in [9.17, 15) is 9.59 Å². The molecule has 4 aromatic rings. The van der Waals surface area contributed by atoms with Gasteiger partial charge in [0.05, 0.1) is 17.0 Å². The second-order valence-corrected chi connectivity index (χ2v) is 9.10. The number of fused-ring (bicyclic) bond motifs is 1. The van der Waals surface area contributed by atoms with Crippen molar-refractivity contribution in [3.05, 3.63) is 80.4 Å². The molecule has 30 heavy (non-hydrogen) atoms.